The van der Waals surface area contributed by atoms with Crippen molar-refractivity contribution < 1.29 is 4.79 Å². The van der Waals surface area contributed by atoms with Gasteiger partial charge in [0.1, 0.15) is 6.33 Å². The number of piperidine rings is 1. The molecule has 7 nitrogen and oxygen atoms in total. The van der Waals surface area contributed by atoms with E-state index in [1.54, 1.807) is 29.6 Å². The van der Waals surface area contributed by atoms with Crippen LogP contribution in [0.2, 0.25) is 0 Å². The van der Waals surface area contributed by atoms with Gasteiger partial charge in [-0.1, -0.05) is 0 Å². The molecule has 1 saturated heterocycles. The Labute approximate surface area is 158 Å². The smallest absolute Gasteiger partial charge is 0.257 e. The first-order valence-corrected chi connectivity index (χ1v) is 9.13. The number of aromatic nitrogens is 5. The molecule has 0 spiro atoms. The molecule has 4 heterocycles. The molecule has 27 heavy (non-hydrogen) atoms. The Morgan fingerprint density at radius 2 is 2.04 bits per heavy atom. The van der Waals surface area contributed by atoms with Crippen molar-refractivity contribution in [3.05, 3.63) is 60.2 Å². The Morgan fingerprint density at radius 1 is 1.22 bits per heavy atom. The molecule has 0 bridgehead atoms. The summed E-state index contributed by atoms with van der Waals surface area (Å²) >= 11 is 0. The second-order valence-corrected chi connectivity index (χ2v) is 6.95. The number of likely N-dealkylation sites (tertiary alicyclic amines) is 1. The second kappa shape index (κ2) is 7.26. The van der Waals surface area contributed by atoms with E-state index in [1.165, 1.54) is 0 Å². The van der Waals surface area contributed by atoms with Gasteiger partial charge < -0.3 is 4.90 Å². The van der Waals surface area contributed by atoms with Crippen LogP contribution in [-0.2, 0) is 7.05 Å². The van der Waals surface area contributed by atoms with Crippen LogP contribution in [0.15, 0.2) is 43.2 Å². The fourth-order valence-electron chi connectivity index (χ4n) is 3.78. The van der Waals surface area contributed by atoms with Crippen molar-refractivity contribution in [2.75, 3.05) is 13.1 Å². The first kappa shape index (κ1) is 17.3. The third-order valence-corrected chi connectivity index (χ3v) is 5.07. The van der Waals surface area contributed by atoms with Gasteiger partial charge in [0.05, 0.1) is 17.0 Å². The molecule has 1 aliphatic heterocycles. The number of hydrogen-bond acceptors (Lipinski definition) is 5. The zero-order valence-corrected chi connectivity index (χ0v) is 15.5. The number of carbonyl (C=O) groups excluding carboxylic acids is 1. The number of hydrogen-bond donors (Lipinski definition) is 0. The second-order valence-electron chi connectivity index (χ2n) is 6.95. The summed E-state index contributed by atoms with van der Waals surface area (Å²) in [7, 11) is 1.84. The SMILES string of the molecule is Cc1nn(C)cc1C(=O)N1CCC[C@H](c2ncncc2-c2ccncc2)C1. The van der Waals surface area contributed by atoms with Crippen LogP contribution in [0, 0.1) is 6.92 Å². The summed E-state index contributed by atoms with van der Waals surface area (Å²) in [6, 6.07) is 3.93. The highest BCUT2D eigenvalue weighted by Crippen LogP contribution is 2.32. The normalized spacial score (nSPS) is 17.1. The number of nitrogens with zero attached hydrogens (tertiary/aromatic N) is 6. The average molecular weight is 362 g/mol. The van der Waals surface area contributed by atoms with Crippen molar-refractivity contribution in [3.8, 4) is 11.1 Å². The summed E-state index contributed by atoms with van der Waals surface area (Å²) in [5, 5.41) is 4.30. The predicted octanol–water partition coefficient (Wildman–Crippen LogP) is 2.60. The lowest BCUT2D eigenvalue weighted by atomic mass is 9.90. The molecule has 3 aromatic heterocycles. The van der Waals surface area contributed by atoms with E-state index in [-0.39, 0.29) is 11.8 Å². The first-order valence-electron chi connectivity index (χ1n) is 9.13. The zero-order chi connectivity index (χ0) is 18.8. The van der Waals surface area contributed by atoms with Gasteiger partial charge in [-0.15, -0.1) is 0 Å². The topological polar surface area (TPSA) is 76.8 Å². The maximum atomic E-state index is 13.0. The molecule has 7 heteroatoms. The quantitative estimate of drug-likeness (QED) is 0.716. The van der Waals surface area contributed by atoms with E-state index in [2.05, 4.69) is 20.1 Å². The van der Waals surface area contributed by atoms with Crippen molar-refractivity contribution in [2.45, 2.75) is 25.7 Å². The molecule has 0 unspecified atom stereocenters. The van der Waals surface area contributed by atoms with Gasteiger partial charge in [-0.2, -0.15) is 5.10 Å². The fraction of sp³-hybridized carbons (Fsp3) is 0.350. The van der Waals surface area contributed by atoms with Crippen molar-refractivity contribution in [1.82, 2.24) is 29.6 Å². The summed E-state index contributed by atoms with van der Waals surface area (Å²) in [5.41, 5.74) is 4.50. The minimum absolute atomic E-state index is 0.0461. The maximum absolute atomic E-state index is 13.0. The molecule has 1 amide bonds. The number of rotatable bonds is 3. The third kappa shape index (κ3) is 3.45. The van der Waals surface area contributed by atoms with Crippen LogP contribution in [0.3, 0.4) is 0 Å². The number of pyridine rings is 1. The molecule has 0 N–H and O–H groups in total. The van der Waals surface area contributed by atoms with Gasteiger partial charge in [-0.3, -0.25) is 14.5 Å². The Balaban J connectivity index is 1.61. The van der Waals surface area contributed by atoms with Gasteiger partial charge in [0, 0.05) is 56.4 Å². The van der Waals surface area contributed by atoms with Crippen LogP contribution in [-0.4, -0.2) is 48.6 Å². The molecule has 0 saturated carbocycles. The van der Waals surface area contributed by atoms with E-state index < -0.39 is 0 Å². The molecular weight excluding hydrogens is 340 g/mol. The molecule has 0 aliphatic carbocycles. The molecule has 4 rings (SSSR count). The standard InChI is InChI=1S/C20H22N6O/c1-14-18(12-25(2)24-14)20(27)26-9-3-4-16(11-26)19-17(10-22-13-23-19)15-5-7-21-8-6-15/h5-8,10,12-13,16H,3-4,9,11H2,1-2H3/t16-/m0/s1. The van der Waals surface area contributed by atoms with Crippen molar-refractivity contribution in [3.63, 3.8) is 0 Å². The number of aryl methyl sites for hydroxylation is 2. The minimum Gasteiger partial charge on any atom is -0.338 e. The van der Waals surface area contributed by atoms with Gasteiger partial charge in [-0.25, -0.2) is 9.97 Å². The molecule has 138 valence electrons. The lowest BCUT2D eigenvalue weighted by Gasteiger charge is -2.33. The molecule has 3 aromatic rings. The van der Waals surface area contributed by atoms with Crippen LogP contribution in [0.5, 0.6) is 0 Å². The Bertz CT molecular complexity index is 952. The number of carbonyl (C=O) groups is 1. The molecule has 0 aromatic carbocycles. The van der Waals surface area contributed by atoms with Gasteiger partial charge in [-0.05, 0) is 37.5 Å². The summed E-state index contributed by atoms with van der Waals surface area (Å²) in [5.74, 6) is 0.232. The van der Waals surface area contributed by atoms with Crippen LogP contribution in [0.4, 0.5) is 0 Å². The van der Waals surface area contributed by atoms with E-state index in [4.69, 9.17) is 0 Å². The van der Waals surface area contributed by atoms with Crippen molar-refractivity contribution in [1.29, 1.82) is 0 Å². The van der Waals surface area contributed by atoms with Gasteiger partial charge in [0.25, 0.3) is 5.91 Å². The molecule has 0 radical (unpaired) electrons. The first-order chi connectivity index (χ1) is 13.1. The van der Waals surface area contributed by atoms with E-state index in [0.29, 0.717) is 12.1 Å². The highest BCUT2D eigenvalue weighted by Gasteiger charge is 2.29. The lowest BCUT2D eigenvalue weighted by Crippen LogP contribution is -2.39. The minimum atomic E-state index is 0.0461. The Morgan fingerprint density at radius 3 is 2.78 bits per heavy atom. The van der Waals surface area contributed by atoms with Crippen molar-refractivity contribution >= 4 is 5.91 Å². The van der Waals surface area contributed by atoms with Crippen molar-refractivity contribution in [2.24, 2.45) is 7.05 Å². The van der Waals surface area contributed by atoms with Crippen LogP contribution in [0.1, 0.15) is 40.5 Å². The summed E-state index contributed by atoms with van der Waals surface area (Å²) in [6.45, 7) is 3.29. The van der Waals surface area contributed by atoms with Crippen LogP contribution < -0.4 is 0 Å². The van der Waals surface area contributed by atoms with E-state index in [9.17, 15) is 4.79 Å². The summed E-state index contributed by atoms with van der Waals surface area (Å²) in [4.78, 5) is 27.8. The van der Waals surface area contributed by atoms with E-state index in [0.717, 1.165) is 41.9 Å². The summed E-state index contributed by atoms with van der Waals surface area (Å²) in [6.07, 6.45) is 10.7. The van der Waals surface area contributed by atoms with Gasteiger partial charge >= 0.3 is 0 Å². The lowest BCUT2D eigenvalue weighted by molar-refractivity contribution is 0.0705. The monoisotopic (exact) mass is 362 g/mol. The summed E-state index contributed by atoms with van der Waals surface area (Å²) < 4.78 is 1.69. The predicted molar refractivity (Wildman–Crippen MR) is 101 cm³/mol. The third-order valence-electron chi connectivity index (χ3n) is 5.07. The van der Waals surface area contributed by atoms with E-state index >= 15 is 0 Å². The van der Waals surface area contributed by atoms with Crippen LogP contribution in [0.25, 0.3) is 11.1 Å². The Kier molecular flexibility index (Phi) is 4.66. The molecule has 1 aliphatic rings. The van der Waals surface area contributed by atoms with Crippen LogP contribution >= 0.6 is 0 Å². The molecule has 1 fully saturated rings. The van der Waals surface area contributed by atoms with Gasteiger partial charge in [0.15, 0.2) is 0 Å². The largest absolute Gasteiger partial charge is 0.338 e. The number of amides is 1. The highest BCUT2D eigenvalue weighted by molar-refractivity contribution is 5.95. The fourth-order valence-corrected chi connectivity index (χ4v) is 3.78. The van der Waals surface area contributed by atoms with Gasteiger partial charge in [0.2, 0.25) is 0 Å². The molecular formula is C20H22N6O. The Hall–Kier alpha value is -3.09. The zero-order valence-electron chi connectivity index (χ0n) is 15.5. The highest BCUT2D eigenvalue weighted by atomic mass is 16.2. The van der Waals surface area contributed by atoms with E-state index in [1.807, 2.05) is 37.2 Å². The average Bonchev–Trinajstić information content (AvgIpc) is 3.06. The maximum Gasteiger partial charge on any atom is 0.257 e. The molecule has 1 atom stereocenters.